The van der Waals surface area contributed by atoms with E-state index in [2.05, 4.69) is 20.6 Å². The van der Waals surface area contributed by atoms with Crippen LogP contribution in [0.2, 0.25) is 0 Å². The molecule has 2 N–H and O–H groups in total. The fourth-order valence-corrected chi connectivity index (χ4v) is 1.56. The number of nitrogens with one attached hydrogen (secondary N) is 2. The fraction of sp³-hybridized carbons (Fsp3) is 0.556. The lowest BCUT2D eigenvalue weighted by atomic mass is 10.1. The summed E-state index contributed by atoms with van der Waals surface area (Å²) in [6.45, 7) is 2.17. The minimum absolute atomic E-state index is 0. The van der Waals surface area contributed by atoms with Crippen LogP contribution in [-0.2, 0) is 0 Å². The van der Waals surface area contributed by atoms with Gasteiger partial charge in [0.15, 0.2) is 0 Å². The van der Waals surface area contributed by atoms with Gasteiger partial charge >= 0.3 is 0 Å². The number of aromatic nitrogens is 2. The van der Waals surface area contributed by atoms with Gasteiger partial charge in [-0.15, -0.1) is 24.8 Å². The highest BCUT2D eigenvalue weighted by Gasteiger charge is 2.12. The lowest BCUT2D eigenvalue weighted by Gasteiger charge is -2.23. The molecule has 86 valence electrons. The Bertz CT molecular complexity index is 252. The van der Waals surface area contributed by atoms with Crippen LogP contribution in [0.1, 0.15) is 12.8 Å². The van der Waals surface area contributed by atoms with Gasteiger partial charge in [0, 0.05) is 18.8 Å². The first-order valence-electron chi connectivity index (χ1n) is 4.68. The van der Waals surface area contributed by atoms with Gasteiger partial charge < -0.3 is 10.6 Å². The highest BCUT2D eigenvalue weighted by Crippen LogP contribution is 2.08. The number of halogens is 2. The van der Waals surface area contributed by atoms with E-state index < -0.39 is 0 Å². The molecule has 4 nitrogen and oxygen atoms in total. The number of rotatable bonds is 2. The summed E-state index contributed by atoms with van der Waals surface area (Å²) in [5.41, 5.74) is 0. The number of anilines is 1. The Kier molecular flexibility index (Phi) is 7.38. The van der Waals surface area contributed by atoms with E-state index in [1.54, 1.807) is 12.5 Å². The molecule has 1 atom stereocenters. The second-order valence-corrected chi connectivity index (χ2v) is 3.28. The van der Waals surface area contributed by atoms with Crippen LogP contribution < -0.4 is 10.6 Å². The zero-order valence-corrected chi connectivity index (χ0v) is 9.98. The molecule has 0 unspecified atom stereocenters. The Morgan fingerprint density at radius 1 is 1.40 bits per heavy atom. The van der Waals surface area contributed by atoms with Gasteiger partial charge in [0.2, 0.25) is 0 Å². The quantitative estimate of drug-likeness (QED) is 0.836. The van der Waals surface area contributed by atoms with Gasteiger partial charge in [-0.1, -0.05) is 0 Å². The third-order valence-corrected chi connectivity index (χ3v) is 2.23. The van der Waals surface area contributed by atoms with Crippen LogP contribution in [0.25, 0.3) is 0 Å². The number of piperidine rings is 1. The van der Waals surface area contributed by atoms with Crippen LogP contribution in [0, 0.1) is 0 Å². The fourth-order valence-electron chi connectivity index (χ4n) is 1.56. The molecule has 0 saturated carbocycles. The normalized spacial score (nSPS) is 19.6. The SMILES string of the molecule is Cl.Cl.c1cc(N[C@H]2CCCNC2)ncn1. The summed E-state index contributed by atoms with van der Waals surface area (Å²) in [6.07, 6.45) is 5.78. The Labute approximate surface area is 102 Å². The first-order chi connectivity index (χ1) is 6.45. The zero-order valence-electron chi connectivity index (χ0n) is 8.35. The highest BCUT2D eigenvalue weighted by molar-refractivity contribution is 5.85. The van der Waals surface area contributed by atoms with Gasteiger partial charge in [0.1, 0.15) is 12.1 Å². The van der Waals surface area contributed by atoms with Crippen LogP contribution in [0.15, 0.2) is 18.6 Å². The molecule has 2 heterocycles. The second kappa shape index (κ2) is 7.68. The number of hydrogen-bond donors (Lipinski definition) is 2. The average Bonchev–Trinajstić information content (AvgIpc) is 2.21. The predicted molar refractivity (Wildman–Crippen MR) is 66.0 cm³/mol. The first kappa shape index (κ1) is 14.4. The zero-order chi connectivity index (χ0) is 8.93. The Hall–Kier alpha value is -0.580. The summed E-state index contributed by atoms with van der Waals surface area (Å²) in [5.74, 6) is 0.920. The van der Waals surface area contributed by atoms with Crippen molar-refractivity contribution >= 4 is 30.6 Å². The molecule has 0 aliphatic carbocycles. The molecule has 1 aromatic rings. The van der Waals surface area contributed by atoms with Crippen molar-refractivity contribution in [3.05, 3.63) is 18.6 Å². The molecule has 1 aliphatic rings. The maximum absolute atomic E-state index is 4.12. The van der Waals surface area contributed by atoms with Crippen molar-refractivity contribution in [3.8, 4) is 0 Å². The molecule has 1 fully saturated rings. The molecule has 1 aliphatic heterocycles. The molecular formula is C9H16Cl2N4. The Balaban J connectivity index is 0.000000980. The monoisotopic (exact) mass is 250 g/mol. The van der Waals surface area contributed by atoms with Crippen molar-refractivity contribution < 1.29 is 0 Å². The molecule has 0 aromatic carbocycles. The summed E-state index contributed by atoms with van der Waals surface area (Å²) >= 11 is 0. The molecule has 0 amide bonds. The van der Waals surface area contributed by atoms with Gasteiger partial charge in [-0.2, -0.15) is 0 Å². The van der Waals surface area contributed by atoms with Gasteiger partial charge in [0.05, 0.1) is 0 Å². The average molecular weight is 251 g/mol. The number of nitrogens with zero attached hydrogens (tertiary/aromatic N) is 2. The summed E-state index contributed by atoms with van der Waals surface area (Å²) in [6, 6.07) is 2.41. The number of hydrogen-bond acceptors (Lipinski definition) is 4. The summed E-state index contributed by atoms with van der Waals surface area (Å²) < 4.78 is 0. The molecule has 1 saturated heterocycles. The van der Waals surface area contributed by atoms with E-state index in [1.165, 1.54) is 12.8 Å². The van der Waals surface area contributed by atoms with Crippen LogP contribution in [0.3, 0.4) is 0 Å². The van der Waals surface area contributed by atoms with Crippen molar-refractivity contribution in [2.75, 3.05) is 18.4 Å². The van der Waals surface area contributed by atoms with E-state index in [-0.39, 0.29) is 24.8 Å². The molecule has 0 bridgehead atoms. The van der Waals surface area contributed by atoms with E-state index in [9.17, 15) is 0 Å². The smallest absolute Gasteiger partial charge is 0.129 e. The standard InChI is InChI=1S/C9H14N4.2ClH/c1-2-8(6-10-4-1)13-9-3-5-11-7-12-9;;/h3,5,7-8,10H,1-2,4,6H2,(H,11,12,13);2*1H/t8-;;/m0../s1. The van der Waals surface area contributed by atoms with Gasteiger partial charge in [0.25, 0.3) is 0 Å². The molecule has 15 heavy (non-hydrogen) atoms. The van der Waals surface area contributed by atoms with Crippen LogP contribution >= 0.6 is 24.8 Å². The lowest BCUT2D eigenvalue weighted by molar-refractivity contribution is 0.479. The molecule has 0 spiro atoms. The van der Waals surface area contributed by atoms with Crippen molar-refractivity contribution in [1.82, 2.24) is 15.3 Å². The summed E-state index contributed by atoms with van der Waals surface area (Å²) in [7, 11) is 0. The topological polar surface area (TPSA) is 49.8 Å². The molecule has 1 aromatic heterocycles. The third-order valence-electron chi connectivity index (χ3n) is 2.23. The summed E-state index contributed by atoms with van der Waals surface area (Å²) in [4.78, 5) is 7.99. The van der Waals surface area contributed by atoms with Gasteiger partial charge in [-0.25, -0.2) is 9.97 Å². The first-order valence-corrected chi connectivity index (χ1v) is 4.68. The molecule has 0 radical (unpaired) electrons. The largest absolute Gasteiger partial charge is 0.366 e. The van der Waals surface area contributed by atoms with E-state index in [0.717, 1.165) is 18.9 Å². The van der Waals surface area contributed by atoms with Gasteiger partial charge in [-0.05, 0) is 25.5 Å². The maximum Gasteiger partial charge on any atom is 0.129 e. The van der Waals surface area contributed by atoms with Crippen molar-refractivity contribution in [2.45, 2.75) is 18.9 Å². The van der Waals surface area contributed by atoms with Crippen LogP contribution in [0.5, 0.6) is 0 Å². The Morgan fingerprint density at radius 2 is 2.27 bits per heavy atom. The van der Waals surface area contributed by atoms with E-state index in [0.29, 0.717) is 6.04 Å². The van der Waals surface area contributed by atoms with Crippen molar-refractivity contribution in [1.29, 1.82) is 0 Å². The highest BCUT2D eigenvalue weighted by atomic mass is 35.5. The lowest BCUT2D eigenvalue weighted by Crippen LogP contribution is -2.38. The maximum atomic E-state index is 4.12. The summed E-state index contributed by atoms with van der Waals surface area (Å²) in [5, 5.41) is 6.72. The molecule has 2 rings (SSSR count). The predicted octanol–water partition coefficient (Wildman–Crippen LogP) is 1.48. The minimum Gasteiger partial charge on any atom is -0.366 e. The molecular weight excluding hydrogens is 235 g/mol. The Morgan fingerprint density at radius 3 is 2.87 bits per heavy atom. The third kappa shape index (κ3) is 4.64. The second-order valence-electron chi connectivity index (χ2n) is 3.28. The van der Waals surface area contributed by atoms with Crippen LogP contribution in [0.4, 0.5) is 5.82 Å². The van der Waals surface area contributed by atoms with E-state index >= 15 is 0 Å². The molecule has 6 heteroatoms. The minimum atomic E-state index is 0. The van der Waals surface area contributed by atoms with Gasteiger partial charge in [-0.3, -0.25) is 0 Å². The van der Waals surface area contributed by atoms with E-state index in [1.807, 2.05) is 6.07 Å². The van der Waals surface area contributed by atoms with Crippen molar-refractivity contribution in [2.24, 2.45) is 0 Å². The van der Waals surface area contributed by atoms with Crippen molar-refractivity contribution in [3.63, 3.8) is 0 Å². The van der Waals surface area contributed by atoms with E-state index in [4.69, 9.17) is 0 Å². The van der Waals surface area contributed by atoms with Crippen LogP contribution in [-0.4, -0.2) is 29.1 Å².